The van der Waals surface area contributed by atoms with Crippen molar-refractivity contribution in [1.29, 1.82) is 0 Å². The molecule has 8 heteroatoms. The number of hydrogen-bond acceptors (Lipinski definition) is 4. The zero-order valence-electron chi connectivity index (χ0n) is 6.58. The normalized spacial score (nSPS) is 10.6. The zero-order valence-corrected chi connectivity index (χ0v) is 7.33. The van der Waals surface area contributed by atoms with Gasteiger partial charge in [0.25, 0.3) is 6.43 Å². The molecule has 0 atom stereocenters. The molecule has 1 rings (SSSR count). The molecule has 5 nitrogen and oxygen atoms in total. The van der Waals surface area contributed by atoms with Gasteiger partial charge < -0.3 is 15.8 Å². The molecular formula is C6H4ClF2N3O2. The Morgan fingerprint density at radius 1 is 1.64 bits per heavy atom. The van der Waals surface area contributed by atoms with E-state index in [-0.39, 0.29) is 0 Å². The van der Waals surface area contributed by atoms with Crippen LogP contribution in [0, 0.1) is 10.1 Å². The van der Waals surface area contributed by atoms with Crippen LogP contribution in [0.1, 0.15) is 12.0 Å². The van der Waals surface area contributed by atoms with Gasteiger partial charge in [0, 0.05) is 0 Å². The lowest BCUT2D eigenvalue weighted by Gasteiger charge is -2.01. The summed E-state index contributed by atoms with van der Waals surface area (Å²) in [5, 5.41) is 9.81. The summed E-state index contributed by atoms with van der Waals surface area (Å²) in [5.74, 6) is -1.32. The maximum Gasteiger partial charge on any atom is 0.384 e. The van der Waals surface area contributed by atoms with Crippen LogP contribution in [0.5, 0.6) is 0 Å². The molecule has 0 spiro atoms. The number of anilines is 1. The van der Waals surface area contributed by atoms with Crippen molar-refractivity contribution in [1.82, 2.24) is 4.98 Å². The second-order valence-corrected chi connectivity index (χ2v) is 2.73. The van der Waals surface area contributed by atoms with Crippen molar-refractivity contribution in [2.75, 3.05) is 5.73 Å². The third kappa shape index (κ3) is 1.87. The van der Waals surface area contributed by atoms with Crippen LogP contribution in [0.2, 0.25) is 5.02 Å². The molecule has 76 valence electrons. The van der Waals surface area contributed by atoms with Crippen LogP contribution in [0.3, 0.4) is 0 Å². The van der Waals surface area contributed by atoms with Crippen molar-refractivity contribution in [3.63, 3.8) is 0 Å². The highest BCUT2D eigenvalue weighted by Crippen LogP contribution is 2.31. The molecule has 0 amide bonds. The van der Waals surface area contributed by atoms with E-state index in [0.29, 0.717) is 0 Å². The highest BCUT2D eigenvalue weighted by Gasteiger charge is 2.23. The fourth-order valence-corrected chi connectivity index (χ4v) is 1.04. The van der Waals surface area contributed by atoms with E-state index >= 15 is 0 Å². The Balaban J connectivity index is 3.31. The fourth-order valence-electron chi connectivity index (χ4n) is 0.810. The smallest absolute Gasteiger partial charge is 0.362 e. The van der Waals surface area contributed by atoms with E-state index < -0.39 is 33.6 Å². The molecule has 0 unspecified atom stereocenters. The molecule has 2 N–H and O–H groups in total. The van der Waals surface area contributed by atoms with Crippen LogP contribution in [-0.2, 0) is 0 Å². The van der Waals surface area contributed by atoms with Gasteiger partial charge in [-0.15, -0.1) is 0 Å². The average molecular weight is 224 g/mol. The molecule has 1 aromatic rings. The summed E-state index contributed by atoms with van der Waals surface area (Å²) in [5.41, 5.74) is 4.46. The van der Waals surface area contributed by atoms with Crippen molar-refractivity contribution in [3.05, 3.63) is 26.8 Å². The minimum atomic E-state index is -2.86. The van der Waals surface area contributed by atoms with Crippen LogP contribution < -0.4 is 5.73 Å². The molecule has 1 aromatic heterocycles. The number of nitrogens with zero attached hydrogens (tertiary/aromatic N) is 2. The van der Waals surface area contributed by atoms with Gasteiger partial charge in [0.15, 0.2) is 0 Å². The summed E-state index contributed by atoms with van der Waals surface area (Å²) in [4.78, 5) is 12.5. The van der Waals surface area contributed by atoms with Crippen molar-refractivity contribution in [2.24, 2.45) is 0 Å². The molecule has 0 aromatic carbocycles. The second-order valence-electron chi connectivity index (χ2n) is 2.33. The first-order valence-corrected chi connectivity index (χ1v) is 3.69. The van der Waals surface area contributed by atoms with Crippen molar-refractivity contribution < 1.29 is 13.7 Å². The number of alkyl halides is 2. The van der Waals surface area contributed by atoms with Gasteiger partial charge in [0.1, 0.15) is 5.02 Å². The van der Waals surface area contributed by atoms with Gasteiger partial charge in [-0.3, -0.25) is 0 Å². The minimum absolute atomic E-state index is 0.459. The van der Waals surface area contributed by atoms with Crippen LogP contribution >= 0.6 is 11.6 Å². The maximum atomic E-state index is 12.2. The highest BCUT2D eigenvalue weighted by atomic mass is 35.5. The largest absolute Gasteiger partial charge is 0.384 e. The fraction of sp³-hybridized carbons (Fsp3) is 0.167. The first kappa shape index (κ1) is 10.6. The predicted molar refractivity (Wildman–Crippen MR) is 45.3 cm³/mol. The van der Waals surface area contributed by atoms with Gasteiger partial charge in [-0.25, -0.2) is 8.78 Å². The molecule has 0 aliphatic carbocycles. The number of nitrogen functional groups attached to an aromatic ring is 1. The van der Waals surface area contributed by atoms with Crippen LogP contribution in [0.4, 0.5) is 20.4 Å². The van der Waals surface area contributed by atoms with E-state index in [0.717, 1.165) is 6.07 Å². The van der Waals surface area contributed by atoms with Crippen LogP contribution in [-0.4, -0.2) is 9.91 Å². The second kappa shape index (κ2) is 3.70. The zero-order chi connectivity index (χ0) is 10.9. The topological polar surface area (TPSA) is 82.0 Å². The molecule has 0 radical (unpaired) electrons. The Morgan fingerprint density at radius 2 is 2.21 bits per heavy atom. The lowest BCUT2D eigenvalue weighted by molar-refractivity contribution is -0.389. The number of pyridine rings is 1. The molecule has 0 aliphatic heterocycles. The Kier molecular flexibility index (Phi) is 2.80. The lowest BCUT2D eigenvalue weighted by Crippen LogP contribution is -2.02. The summed E-state index contributed by atoms with van der Waals surface area (Å²) in [7, 11) is 0. The van der Waals surface area contributed by atoms with E-state index in [4.69, 9.17) is 17.3 Å². The van der Waals surface area contributed by atoms with Crippen molar-refractivity contribution >= 4 is 23.2 Å². The monoisotopic (exact) mass is 223 g/mol. The standard InChI is InChI=1S/C6H4ClF2N3O2/c7-3-1-2(4(8)9)5(10)11-6(3)12(13)14/h1,4H,(H2,10,11). The van der Waals surface area contributed by atoms with E-state index in [1.807, 2.05) is 0 Å². The molecule has 14 heavy (non-hydrogen) atoms. The van der Waals surface area contributed by atoms with Crippen molar-refractivity contribution in [3.8, 4) is 0 Å². The number of halogens is 3. The summed E-state index contributed by atoms with van der Waals surface area (Å²) < 4.78 is 24.4. The van der Waals surface area contributed by atoms with Gasteiger partial charge in [0.2, 0.25) is 5.82 Å². The van der Waals surface area contributed by atoms with Crippen LogP contribution in [0.25, 0.3) is 0 Å². The summed E-state index contributed by atoms with van der Waals surface area (Å²) >= 11 is 5.35. The van der Waals surface area contributed by atoms with Crippen molar-refractivity contribution in [2.45, 2.75) is 6.43 Å². The first-order chi connectivity index (χ1) is 6.43. The number of hydrogen-bond donors (Lipinski definition) is 1. The third-order valence-corrected chi connectivity index (χ3v) is 1.70. The molecule has 0 aliphatic rings. The molecule has 1 heterocycles. The average Bonchev–Trinajstić information content (AvgIpc) is 2.07. The molecule has 0 fully saturated rings. The number of rotatable bonds is 2. The first-order valence-electron chi connectivity index (χ1n) is 3.32. The van der Waals surface area contributed by atoms with E-state index in [1.54, 1.807) is 0 Å². The Bertz CT molecular complexity index is 386. The van der Waals surface area contributed by atoms with E-state index in [2.05, 4.69) is 4.98 Å². The predicted octanol–water partition coefficient (Wildman–Crippen LogP) is 2.16. The summed E-state index contributed by atoms with van der Waals surface area (Å²) in [6, 6.07) is 0.743. The van der Waals surface area contributed by atoms with Gasteiger partial charge in [-0.2, -0.15) is 0 Å². The number of aromatic nitrogens is 1. The number of nitrogens with two attached hydrogens (primary N) is 1. The Morgan fingerprint density at radius 3 is 2.64 bits per heavy atom. The van der Waals surface area contributed by atoms with Gasteiger partial charge >= 0.3 is 5.82 Å². The molecule has 0 saturated heterocycles. The summed E-state index contributed by atoms with van der Waals surface area (Å²) in [6.45, 7) is 0. The number of nitro groups is 1. The van der Waals surface area contributed by atoms with E-state index in [1.165, 1.54) is 0 Å². The minimum Gasteiger partial charge on any atom is -0.362 e. The van der Waals surface area contributed by atoms with Gasteiger partial charge in [-0.05, 0) is 16.0 Å². The van der Waals surface area contributed by atoms with Gasteiger partial charge in [-0.1, -0.05) is 11.6 Å². The Labute approximate surface area is 81.6 Å². The van der Waals surface area contributed by atoms with Crippen LogP contribution in [0.15, 0.2) is 6.07 Å². The molecular weight excluding hydrogens is 220 g/mol. The third-order valence-electron chi connectivity index (χ3n) is 1.43. The lowest BCUT2D eigenvalue weighted by atomic mass is 10.2. The maximum absolute atomic E-state index is 12.2. The quantitative estimate of drug-likeness (QED) is 0.615. The Hall–Kier alpha value is -1.50. The van der Waals surface area contributed by atoms with Gasteiger partial charge in [0.05, 0.1) is 5.56 Å². The molecule has 0 bridgehead atoms. The molecule has 0 saturated carbocycles. The summed E-state index contributed by atoms with van der Waals surface area (Å²) in [6.07, 6.45) is -2.86. The highest BCUT2D eigenvalue weighted by molar-refractivity contribution is 6.32. The van der Waals surface area contributed by atoms with E-state index in [9.17, 15) is 18.9 Å². The SMILES string of the molecule is Nc1nc([N+](=O)[O-])c(Cl)cc1C(F)F.